The van der Waals surface area contributed by atoms with Crippen molar-refractivity contribution < 1.29 is 9.21 Å². The number of halogens is 1. The van der Waals surface area contributed by atoms with Gasteiger partial charge in [0.2, 0.25) is 0 Å². The van der Waals surface area contributed by atoms with Crippen LogP contribution in [0.15, 0.2) is 67.2 Å². The third kappa shape index (κ3) is 2.85. The Morgan fingerprint density at radius 2 is 2.00 bits per heavy atom. The summed E-state index contributed by atoms with van der Waals surface area (Å²) in [5.41, 5.74) is 1.09. The molecule has 0 saturated carbocycles. The monoisotopic (exact) mass is 414 g/mol. The molecule has 25 heavy (non-hydrogen) atoms. The number of hydrogen-bond acceptors (Lipinski definition) is 4. The zero-order chi connectivity index (χ0) is 17.6. The van der Waals surface area contributed by atoms with Crippen molar-refractivity contribution in [2.24, 2.45) is 12.0 Å². The average molecular weight is 415 g/mol. The number of aromatic nitrogens is 1. The van der Waals surface area contributed by atoms with E-state index in [0.717, 1.165) is 14.7 Å². The zero-order valence-electron chi connectivity index (χ0n) is 13.0. The van der Waals surface area contributed by atoms with E-state index in [-0.39, 0.29) is 11.2 Å². The lowest BCUT2D eigenvalue weighted by Crippen LogP contribution is -2.14. The van der Waals surface area contributed by atoms with Gasteiger partial charge in [-0.25, -0.2) is 0 Å². The molecule has 0 N–H and O–H groups in total. The number of para-hydroxylation sites is 1. The fourth-order valence-corrected chi connectivity index (χ4v) is 4.13. The summed E-state index contributed by atoms with van der Waals surface area (Å²) >= 11 is 4.83. The first-order valence-electron chi connectivity index (χ1n) is 7.40. The summed E-state index contributed by atoms with van der Waals surface area (Å²) in [7, 11) is 1.84. The van der Waals surface area contributed by atoms with Crippen LogP contribution in [0.3, 0.4) is 0 Å². The number of fused-ring (bicyclic) bond motifs is 2. The topological polar surface area (TPSA) is 64.6 Å². The highest BCUT2D eigenvalue weighted by Gasteiger charge is 2.12. The third-order valence-electron chi connectivity index (χ3n) is 3.81. The molecule has 2 aromatic heterocycles. The molecule has 0 aliphatic heterocycles. The first-order chi connectivity index (χ1) is 12.0. The minimum atomic E-state index is -0.580. The molecule has 0 saturated heterocycles. The number of rotatable bonds is 1. The Balaban J connectivity index is 1.86. The van der Waals surface area contributed by atoms with Crippen LogP contribution in [0.1, 0.15) is 10.6 Å². The molecule has 0 bridgehead atoms. The maximum atomic E-state index is 12.5. The van der Waals surface area contributed by atoms with Gasteiger partial charge < -0.3 is 8.98 Å². The molecule has 2 aromatic carbocycles. The molecule has 0 fully saturated rings. The Morgan fingerprint density at radius 1 is 1.20 bits per heavy atom. The standard InChI is InChI=1S/C18H11BrN2O3S/c1-21-12-7-6-10(19)8-16(12)25-18(21)20-17(23)15-9-13(22)11-4-2-3-5-14(11)24-15/h2-9H,1H3. The van der Waals surface area contributed by atoms with Crippen molar-refractivity contribution in [2.45, 2.75) is 0 Å². The molecule has 0 unspecified atom stereocenters. The van der Waals surface area contributed by atoms with Crippen LogP contribution in [0.25, 0.3) is 21.2 Å². The summed E-state index contributed by atoms with van der Waals surface area (Å²) in [6, 6.07) is 13.9. The third-order valence-corrected chi connectivity index (χ3v) is 5.40. The number of benzene rings is 2. The highest BCUT2D eigenvalue weighted by atomic mass is 79.9. The van der Waals surface area contributed by atoms with E-state index in [1.807, 2.05) is 29.8 Å². The predicted molar refractivity (Wildman–Crippen MR) is 101 cm³/mol. The van der Waals surface area contributed by atoms with Crippen LogP contribution in [0.5, 0.6) is 0 Å². The lowest BCUT2D eigenvalue weighted by atomic mass is 10.2. The van der Waals surface area contributed by atoms with E-state index in [2.05, 4.69) is 20.9 Å². The molecule has 4 aromatic rings. The van der Waals surface area contributed by atoms with Gasteiger partial charge in [-0.15, -0.1) is 0 Å². The Labute approximate surface area is 154 Å². The highest BCUT2D eigenvalue weighted by Crippen LogP contribution is 2.21. The second-order valence-corrected chi connectivity index (χ2v) is 7.37. The van der Waals surface area contributed by atoms with Gasteiger partial charge in [0.05, 0.1) is 15.6 Å². The number of nitrogens with zero attached hydrogens (tertiary/aromatic N) is 2. The van der Waals surface area contributed by atoms with Gasteiger partial charge >= 0.3 is 5.91 Å². The number of aryl methyl sites for hydroxylation is 1. The summed E-state index contributed by atoms with van der Waals surface area (Å²) in [5.74, 6) is -0.647. The molecule has 124 valence electrons. The van der Waals surface area contributed by atoms with Crippen molar-refractivity contribution in [2.75, 3.05) is 0 Å². The van der Waals surface area contributed by atoms with Gasteiger partial charge in [-0.05, 0) is 30.3 Å². The molecule has 0 aliphatic rings. The number of hydrogen-bond donors (Lipinski definition) is 0. The summed E-state index contributed by atoms with van der Waals surface area (Å²) in [6.45, 7) is 0. The van der Waals surface area contributed by atoms with Crippen molar-refractivity contribution >= 4 is 54.4 Å². The average Bonchev–Trinajstić information content (AvgIpc) is 2.90. The van der Waals surface area contributed by atoms with Crippen molar-refractivity contribution in [3.05, 3.63) is 73.8 Å². The molecule has 2 heterocycles. The minimum Gasteiger partial charge on any atom is -0.451 e. The van der Waals surface area contributed by atoms with Gasteiger partial charge in [0.25, 0.3) is 0 Å². The normalized spacial score (nSPS) is 12.2. The number of carbonyl (C=O) groups excluding carboxylic acids is 1. The highest BCUT2D eigenvalue weighted by molar-refractivity contribution is 9.10. The van der Waals surface area contributed by atoms with E-state index in [9.17, 15) is 9.59 Å². The van der Waals surface area contributed by atoms with Crippen molar-refractivity contribution in [1.82, 2.24) is 4.57 Å². The Bertz CT molecular complexity index is 1270. The maximum absolute atomic E-state index is 12.5. The van der Waals surface area contributed by atoms with E-state index in [1.165, 1.54) is 17.4 Å². The molecular weight excluding hydrogens is 404 g/mol. The van der Waals surface area contributed by atoms with Crippen molar-refractivity contribution in [3.8, 4) is 0 Å². The Morgan fingerprint density at radius 3 is 2.84 bits per heavy atom. The quantitative estimate of drug-likeness (QED) is 0.475. The molecule has 5 nitrogen and oxygen atoms in total. The summed E-state index contributed by atoms with van der Waals surface area (Å²) in [4.78, 5) is 29.3. The second-order valence-electron chi connectivity index (χ2n) is 5.44. The SMILES string of the molecule is Cn1c(=NC(=O)c2cc(=O)c3ccccc3o2)sc2cc(Br)ccc21. The summed E-state index contributed by atoms with van der Waals surface area (Å²) < 4.78 is 9.35. The predicted octanol–water partition coefficient (Wildman–Crippen LogP) is 3.85. The van der Waals surface area contributed by atoms with Gasteiger partial charge in [-0.1, -0.05) is 39.4 Å². The second kappa shape index (κ2) is 6.09. The maximum Gasteiger partial charge on any atom is 0.315 e. The van der Waals surface area contributed by atoms with Crippen LogP contribution in [0, 0.1) is 0 Å². The Hall–Kier alpha value is -2.51. The fourth-order valence-electron chi connectivity index (χ4n) is 2.57. The largest absolute Gasteiger partial charge is 0.451 e. The van der Waals surface area contributed by atoms with Gasteiger partial charge in [-0.3, -0.25) is 9.59 Å². The molecule has 7 heteroatoms. The van der Waals surface area contributed by atoms with E-state index in [4.69, 9.17) is 4.42 Å². The number of carbonyl (C=O) groups is 1. The van der Waals surface area contributed by atoms with E-state index < -0.39 is 5.91 Å². The van der Waals surface area contributed by atoms with Gasteiger partial charge in [0.1, 0.15) is 5.58 Å². The molecule has 0 aliphatic carbocycles. The van der Waals surface area contributed by atoms with Gasteiger partial charge in [0.15, 0.2) is 16.0 Å². The lowest BCUT2D eigenvalue weighted by molar-refractivity contribution is 0.0972. The smallest absolute Gasteiger partial charge is 0.315 e. The molecule has 0 radical (unpaired) electrons. The van der Waals surface area contributed by atoms with Crippen LogP contribution < -0.4 is 10.2 Å². The van der Waals surface area contributed by atoms with E-state index in [0.29, 0.717) is 15.8 Å². The van der Waals surface area contributed by atoms with E-state index >= 15 is 0 Å². The first kappa shape index (κ1) is 16.0. The number of thiazole rings is 1. The van der Waals surface area contributed by atoms with Crippen molar-refractivity contribution in [3.63, 3.8) is 0 Å². The minimum absolute atomic E-state index is 0.0673. The summed E-state index contributed by atoms with van der Waals surface area (Å²) in [5, 5.41) is 0.441. The fraction of sp³-hybridized carbons (Fsp3) is 0.0556. The van der Waals surface area contributed by atoms with Crippen LogP contribution in [-0.4, -0.2) is 10.5 Å². The first-order valence-corrected chi connectivity index (χ1v) is 9.01. The lowest BCUT2D eigenvalue weighted by Gasteiger charge is -1.99. The van der Waals surface area contributed by atoms with Gasteiger partial charge in [0, 0.05) is 17.6 Å². The van der Waals surface area contributed by atoms with Gasteiger partial charge in [-0.2, -0.15) is 4.99 Å². The molecule has 0 atom stereocenters. The number of amides is 1. The molecule has 1 amide bonds. The van der Waals surface area contributed by atoms with Crippen molar-refractivity contribution in [1.29, 1.82) is 0 Å². The van der Waals surface area contributed by atoms with Crippen LogP contribution in [0.4, 0.5) is 0 Å². The molecule has 4 rings (SSSR count). The van der Waals surface area contributed by atoms with Crippen LogP contribution >= 0.6 is 27.3 Å². The van der Waals surface area contributed by atoms with E-state index in [1.54, 1.807) is 24.3 Å². The summed E-state index contributed by atoms with van der Waals surface area (Å²) in [6.07, 6.45) is 0. The van der Waals surface area contributed by atoms with Crippen LogP contribution in [0.2, 0.25) is 0 Å². The zero-order valence-corrected chi connectivity index (χ0v) is 15.4. The molecular formula is C18H11BrN2O3S. The van der Waals surface area contributed by atoms with Crippen LogP contribution in [-0.2, 0) is 7.05 Å². The molecule has 0 spiro atoms. The Kier molecular flexibility index (Phi) is 3.89.